The highest BCUT2D eigenvalue weighted by Crippen LogP contribution is 2.33. The van der Waals surface area contributed by atoms with Crippen molar-refractivity contribution in [1.82, 2.24) is 0 Å². The van der Waals surface area contributed by atoms with E-state index in [4.69, 9.17) is 16.3 Å². The van der Waals surface area contributed by atoms with Gasteiger partial charge in [-0.05, 0) is 47.4 Å². The van der Waals surface area contributed by atoms with Gasteiger partial charge in [0.15, 0.2) is 0 Å². The van der Waals surface area contributed by atoms with Crippen LogP contribution in [0.4, 0.5) is 10.1 Å². The highest BCUT2D eigenvalue weighted by Gasteiger charge is 2.17. The van der Waals surface area contributed by atoms with Crippen LogP contribution in [0, 0.1) is 5.82 Å². The lowest BCUT2D eigenvalue weighted by Gasteiger charge is -2.12. The van der Waals surface area contributed by atoms with E-state index in [1.807, 2.05) is 31.2 Å². The minimum Gasteiger partial charge on any atom is -0.428 e. The second-order valence-corrected chi connectivity index (χ2v) is 6.44. The number of carbonyl (C=O) groups is 2. The molecular formula is C22H17ClFNO3. The Hall–Kier alpha value is -3.18. The Morgan fingerprint density at radius 3 is 2.61 bits per heavy atom. The number of amides is 1. The summed E-state index contributed by atoms with van der Waals surface area (Å²) in [6.45, 7) is 2.26. The Morgan fingerprint density at radius 1 is 1.11 bits per heavy atom. The quantitative estimate of drug-likeness (QED) is 0.559. The SMILES string of the molecule is CCc1cccc(-c2cc(F)c(NC(=O)c3ccccc3OC=O)c(Cl)c2)c1. The van der Waals surface area contributed by atoms with Gasteiger partial charge >= 0.3 is 0 Å². The zero-order valence-electron chi connectivity index (χ0n) is 15.0. The molecule has 0 aromatic heterocycles. The van der Waals surface area contributed by atoms with E-state index in [9.17, 15) is 14.0 Å². The van der Waals surface area contributed by atoms with Gasteiger partial charge in [0.2, 0.25) is 0 Å². The molecule has 3 rings (SSSR count). The number of carbonyl (C=O) groups excluding carboxylic acids is 2. The monoisotopic (exact) mass is 397 g/mol. The molecule has 28 heavy (non-hydrogen) atoms. The van der Waals surface area contributed by atoms with Gasteiger partial charge < -0.3 is 10.1 Å². The summed E-state index contributed by atoms with van der Waals surface area (Å²) < 4.78 is 19.5. The third kappa shape index (κ3) is 4.21. The molecule has 3 aromatic carbocycles. The van der Waals surface area contributed by atoms with Crippen LogP contribution in [0.5, 0.6) is 5.75 Å². The topological polar surface area (TPSA) is 55.4 Å². The minimum atomic E-state index is -0.661. The molecule has 0 saturated heterocycles. The van der Waals surface area contributed by atoms with E-state index in [0.717, 1.165) is 17.5 Å². The fourth-order valence-corrected chi connectivity index (χ4v) is 3.07. The van der Waals surface area contributed by atoms with Gasteiger partial charge in [-0.1, -0.05) is 54.9 Å². The van der Waals surface area contributed by atoms with Gasteiger partial charge in [0.1, 0.15) is 11.6 Å². The van der Waals surface area contributed by atoms with E-state index in [-0.39, 0.29) is 28.5 Å². The summed E-state index contributed by atoms with van der Waals surface area (Å²) in [4.78, 5) is 23.1. The van der Waals surface area contributed by atoms with Crippen molar-refractivity contribution in [3.05, 3.63) is 82.6 Å². The smallest absolute Gasteiger partial charge is 0.298 e. The van der Waals surface area contributed by atoms with Crippen molar-refractivity contribution in [2.45, 2.75) is 13.3 Å². The lowest BCUT2D eigenvalue weighted by atomic mass is 10.0. The van der Waals surface area contributed by atoms with Crippen LogP contribution in [-0.4, -0.2) is 12.4 Å². The molecule has 1 amide bonds. The number of nitrogens with one attached hydrogen (secondary N) is 1. The first-order valence-corrected chi connectivity index (χ1v) is 9.00. The number of benzene rings is 3. The standard InChI is InChI=1S/C22H17ClFNO3/c1-2-14-6-5-7-15(10-14)16-11-18(23)21(19(24)12-16)25-22(27)17-8-3-4-9-20(17)28-13-26/h3-13H,2H2,1H3,(H,25,27). The summed E-state index contributed by atoms with van der Waals surface area (Å²) in [6, 6.07) is 16.8. The van der Waals surface area contributed by atoms with Gasteiger partial charge in [-0.2, -0.15) is 0 Å². The van der Waals surface area contributed by atoms with Gasteiger partial charge in [-0.3, -0.25) is 9.59 Å². The maximum Gasteiger partial charge on any atom is 0.298 e. The van der Waals surface area contributed by atoms with E-state index in [0.29, 0.717) is 5.56 Å². The Kier molecular flexibility index (Phi) is 6.06. The molecule has 0 radical (unpaired) electrons. The summed E-state index contributed by atoms with van der Waals surface area (Å²) in [5.41, 5.74) is 2.52. The largest absolute Gasteiger partial charge is 0.428 e. The lowest BCUT2D eigenvalue weighted by molar-refractivity contribution is -0.120. The van der Waals surface area contributed by atoms with E-state index < -0.39 is 11.7 Å². The summed E-state index contributed by atoms with van der Waals surface area (Å²) in [5, 5.41) is 2.52. The van der Waals surface area contributed by atoms with Crippen molar-refractivity contribution in [3.8, 4) is 16.9 Å². The molecule has 4 nitrogen and oxygen atoms in total. The van der Waals surface area contributed by atoms with Crippen molar-refractivity contribution in [1.29, 1.82) is 0 Å². The molecule has 0 aliphatic heterocycles. The number of rotatable bonds is 6. The summed E-state index contributed by atoms with van der Waals surface area (Å²) in [6.07, 6.45) is 0.862. The number of para-hydroxylation sites is 1. The third-order valence-electron chi connectivity index (χ3n) is 4.26. The van der Waals surface area contributed by atoms with Crippen molar-refractivity contribution < 1.29 is 18.7 Å². The first-order valence-electron chi connectivity index (χ1n) is 8.62. The van der Waals surface area contributed by atoms with Crippen molar-refractivity contribution >= 4 is 29.7 Å². The van der Waals surface area contributed by atoms with Crippen LogP contribution >= 0.6 is 11.6 Å². The Bertz CT molecular complexity index is 1010. The number of ether oxygens (including phenoxy) is 1. The van der Waals surface area contributed by atoms with Gasteiger partial charge in [-0.15, -0.1) is 0 Å². The van der Waals surface area contributed by atoms with E-state index in [2.05, 4.69) is 5.32 Å². The predicted octanol–water partition coefficient (Wildman–Crippen LogP) is 5.50. The van der Waals surface area contributed by atoms with Crippen molar-refractivity contribution in [3.63, 3.8) is 0 Å². The van der Waals surface area contributed by atoms with Gasteiger partial charge in [-0.25, -0.2) is 4.39 Å². The molecular weight excluding hydrogens is 381 g/mol. The summed E-state index contributed by atoms with van der Waals surface area (Å²) in [7, 11) is 0. The maximum atomic E-state index is 14.7. The molecule has 0 fully saturated rings. The van der Waals surface area contributed by atoms with Gasteiger partial charge in [0, 0.05) is 0 Å². The highest BCUT2D eigenvalue weighted by atomic mass is 35.5. The van der Waals surface area contributed by atoms with Crippen LogP contribution in [0.2, 0.25) is 5.02 Å². The molecule has 0 aliphatic carbocycles. The fraction of sp³-hybridized carbons (Fsp3) is 0.0909. The second-order valence-electron chi connectivity index (χ2n) is 6.03. The van der Waals surface area contributed by atoms with Crippen molar-refractivity contribution in [2.24, 2.45) is 0 Å². The zero-order chi connectivity index (χ0) is 20.1. The summed E-state index contributed by atoms with van der Waals surface area (Å²) >= 11 is 6.25. The number of hydrogen-bond donors (Lipinski definition) is 1. The molecule has 0 bridgehead atoms. The number of anilines is 1. The Labute approximate surface area is 166 Å². The van der Waals surface area contributed by atoms with Crippen molar-refractivity contribution in [2.75, 3.05) is 5.32 Å². The van der Waals surface area contributed by atoms with Gasteiger partial charge in [0.05, 0.1) is 16.3 Å². The van der Waals surface area contributed by atoms with Crippen LogP contribution in [0.25, 0.3) is 11.1 Å². The van der Waals surface area contributed by atoms with E-state index in [1.54, 1.807) is 18.2 Å². The maximum absolute atomic E-state index is 14.7. The lowest BCUT2D eigenvalue weighted by Crippen LogP contribution is -2.15. The highest BCUT2D eigenvalue weighted by molar-refractivity contribution is 6.34. The molecule has 0 unspecified atom stereocenters. The summed E-state index contributed by atoms with van der Waals surface area (Å²) in [5.74, 6) is -1.23. The predicted molar refractivity (Wildman–Crippen MR) is 107 cm³/mol. The molecule has 0 atom stereocenters. The number of aryl methyl sites for hydroxylation is 1. The van der Waals surface area contributed by atoms with Crippen LogP contribution in [0.1, 0.15) is 22.8 Å². The van der Waals surface area contributed by atoms with E-state index >= 15 is 0 Å². The molecule has 1 N–H and O–H groups in total. The number of halogens is 2. The fourth-order valence-electron chi connectivity index (χ4n) is 2.82. The first-order chi connectivity index (χ1) is 13.5. The third-order valence-corrected chi connectivity index (χ3v) is 4.55. The Balaban J connectivity index is 1.91. The average molecular weight is 398 g/mol. The number of hydrogen-bond acceptors (Lipinski definition) is 3. The van der Waals surface area contributed by atoms with Crippen LogP contribution in [0.15, 0.2) is 60.7 Å². The molecule has 3 aromatic rings. The van der Waals surface area contributed by atoms with Crippen LogP contribution in [0.3, 0.4) is 0 Å². The minimum absolute atomic E-state index is 0.0686. The van der Waals surface area contributed by atoms with E-state index in [1.165, 1.54) is 18.2 Å². The first kappa shape index (κ1) is 19.6. The molecule has 0 aliphatic rings. The Morgan fingerprint density at radius 2 is 1.89 bits per heavy atom. The molecule has 6 heteroatoms. The average Bonchev–Trinajstić information content (AvgIpc) is 2.71. The van der Waals surface area contributed by atoms with Gasteiger partial charge in [0.25, 0.3) is 12.4 Å². The molecule has 0 saturated carbocycles. The van der Waals surface area contributed by atoms with Crippen LogP contribution < -0.4 is 10.1 Å². The molecule has 0 heterocycles. The molecule has 0 spiro atoms. The second kappa shape index (κ2) is 8.67. The molecule has 142 valence electrons. The zero-order valence-corrected chi connectivity index (χ0v) is 15.8. The normalized spacial score (nSPS) is 10.4. The van der Waals surface area contributed by atoms with Crippen LogP contribution in [-0.2, 0) is 11.2 Å².